The number of aromatic nitrogens is 1. The van der Waals surface area contributed by atoms with Crippen LogP contribution in [0.3, 0.4) is 0 Å². The summed E-state index contributed by atoms with van der Waals surface area (Å²) in [5.74, 6) is -0.218. The molecule has 1 aromatic heterocycles. The maximum atomic E-state index is 11.6. The number of carbonyl (C=O) groups is 2. The first kappa shape index (κ1) is 13.0. The second-order valence-corrected chi connectivity index (χ2v) is 3.96. The monoisotopic (exact) mass is 259 g/mol. The van der Waals surface area contributed by atoms with E-state index in [1.165, 1.54) is 6.39 Å². The Morgan fingerprint density at radius 3 is 2.68 bits per heavy atom. The third-order valence-electron chi connectivity index (χ3n) is 2.70. The minimum absolute atomic E-state index is 0.397. The van der Waals surface area contributed by atoms with Crippen LogP contribution >= 0.6 is 0 Å². The van der Waals surface area contributed by atoms with Gasteiger partial charge < -0.3 is 13.9 Å². The molecule has 2 rings (SSSR count). The van der Waals surface area contributed by atoms with Crippen molar-refractivity contribution in [2.75, 3.05) is 0 Å². The molecule has 0 saturated heterocycles. The number of hydrogen-bond acceptors (Lipinski definition) is 5. The molecular formula is C14H13NO4. The topological polar surface area (TPSA) is 69.4 Å². The number of ether oxygens (including phenoxy) is 1. The standard InChI is InChI=1S/C14H13NO4/c1-2-10(8-16)14(17)19-12-5-3-11(4-6-12)13-7-15-9-18-13/h3-10H,2H2,1H3. The number of hydrogen-bond donors (Lipinski definition) is 0. The highest BCUT2D eigenvalue weighted by atomic mass is 16.5. The van der Waals surface area contributed by atoms with Gasteiger partial charge in [-0.15, -0.1) is 0 Å². The smallest absolute Gasteiger partial charge is 0.321 e. The lowest BCUT2D eigenvalue weighted by atomic mass is 10.1. The molecule has 0 radical (unpaired) electrons. The summed E-state index contributed by atoms with van der Waals surface area (Å²) in [6.45, 7) is 1.76. The number of benzene rings is 1. The van der Waals surface area contributed by atoms with Gasteiger partial charge in [0.2, 0.25) is 0 Å². The van der Waals surface area contributed by atoms with Gasteiger partial charge in [-0.2, -0.15) is 0 Å². The minimum Gasteiger partial charge on any atom is -0.444 e. The summed E-state index contributed by atoms with van der Waals surface area (Å²) in [6, 6.07) is 6.80. The summed E-state index contributed by atoms with van der Waals surface area (Å²) in [7, 11) is 0. The van der Waals surface area contributed by atoms with Gasteiger partial charge in [0.05, 0.1) is 6.20 Å². The van der Waals surface area contributed by atoms with Crippen LogP contribution in [0.25, 0.3) is 11.3 Å². The van der Waals surface area contributed by atoms with Crippen molar-refractivity contribution in [1.82, 2.24) is 4.98 Å². The number of rotatable bonds is 5. The molecule has 0 aliphatic rings. The Kier molecular flexibility index (Phi) is 4.07. The van der Waals surface area contributed by atoms with Crippen LogP contribution in [0, 0.1) is 5.92 Å². The van der Waals surface area contributed by atoms with Crippen molar-refractivity contribution in [1.29, 1.82) is 0 Å². The van der Waals surface area contributed by atoms with E-state index >= 15 is 0 Å². The first-order valence-corrected chi connectivity index (χ1v) is 5.90. The van der Waals surface area contributed by atoms with Crippen LogP contribution in [0.1, 0.15) is 13.3 Å². The van der Waals surface area contributed by atoms with Crippen LogP contribution < -0.4 is 4.74 Å². The third-order valence-corrected chi connectivity index (χ3v) is 2.70. The quantitative estimate of drug-likeness (QED) is 0.357. The number of esters is 1. The van der Waals surface area contributed by atoms with Gasteiger partial charge in [-0.1, -0.05) is 6.92 Å². The Morgan fingerprint density at radius 2 is 2.16 bits per heavy atom. The SMILES string of the molecule is CCC(C=O)C(=O)Oc1ccc(-c2cnco2)cc1. The first-order valence-electron chi connectivity index (χ1n) is 5.90. The first-order chi connectivity index (χ1) is 9.24. The zero-order valence-corrected chi connectivity index (χ0v) is 10.4. The van der Waals surface area contributed by atoms with E-state index in [4.69, 9.17) is 9.15 Å². The molecule has 1 unspecified atom stereocenters. The van der Waals surface area contributed by atoms with E-state index in [0.717, 1.165) is 5.56 Å². The van der Waals surface area contributed by atoms with Crippen molar-refractivity contribution in [3.8, 4) is 17.1 Å². The van der Waals surface area contributed by atoms with E-state index < -0.39 is 11.9 Å². The van der Waals surface area contributed by atoms with E-state index in [2.05, 4.69) is 4.98 Å². The van der Waals surface area contributed by atoms with E-state index in [1.54, 1.807) is 37.4 Å². The van der Waals surface area contributed by atoms with Crippen LogP contribution in [-0.2, 0) is 9.59 Å². The van der Waals surface area contributed by atoms with Crippen molar-refractivity contribution in [2.24, 2.45) is 5.92 Å². The number of carbonyl (C=O) groups excluding carboxylic acids is 2. The van der Waals surface area contributed by atoms with E-state index in [9.17, 15) is 9.59 Å². The van der Waals surface area contributed by atoms with Crippen LogP contribution in [0.15, 0.2) is 41.3 Å². The van der Waals surface area contributed by atoms with Crippen LogP contribution in [0.4, 0.5) is 0 Å². The van der Waals surface area contributed by atoms with Gasteiger partial charge in [-0.25, -0.2) is 4.98 Å². The summed E-state index contributed by atoms with van der Waals surface area (Å²) in [5, 5.41) is 0. The normalized spacial score (nSPS) is 11.8. The molecule has 0 aliphatic heterocycles. The summed E-state index contributed by atoms with van der Waals surface area (Å²) in [4.78, 5) is 26.1. The molecule has 5 nitrogen and oxygen atoms in total. The molecule has 0 aliphatic carbocycles. The highest BCUT2D eigenvalue weighted by Crippen LogP contribution is 2.22. The second kappa shape index (κ2) is 5.95. The maximum absolute atomic E-state index is 11.6. The Labute approximate surface area is 110 Å². The Hall–Kier alpha value is -2.43. The Balaban J connectivity index is 2.07. The van der Waals surface area contributed by atoms with Crippen molar-refractivity contribution < 1.29 is 18.7 Å². The summed E-state index contributed by atoms with van der Waals surface area (Å²) in [6.07, 6.45) is 3.98. The predicted molar refractivity (Wildman–Crippen MR) is 67.4 cm³/mol. The van der Waals surface area contributed by atoms with E-state index in [0.29, 0.717) is 24.2 Å². The van der Waals surface area contributed by atoms with Gasteiger partial charge in [-0.05, 0) is 30.7 Å². The molecule has 1 atom stereocenters. The van der Waals surface area contributed by atoms with Crippen molar-refractivity contribution >= 4 is 12.3 Å². The van der Waals surface area contributed by atoms with Crippen LogP contribution in [-0.4, -0.2) is 17.2 Å². The largest absolute Gasteiger partial charge is 0.444 e. The fraction of sp³-hybridized carbons (Fsp3) is 0.214. The van der Waals surface area contributed by atoms with Crippen LogP contribution in [0.2, 0.25) is 0 Å². The minimum atomic E-state index is -0.714. The predicted octanol–water partition coefficient (Wildman–Crippen LogP) is 2.47. The van der Waals surface area contributed by atoms with Gasteiger partial charge >= 0.3 is 5.97 Å². The zero-order chi connectivity index (χ0) is 13.7. The molecule has 5 heteroatoms. The number of nitrogens with zero attached hydrogens (tertiary/aromatic N) is 1. The molecule has 0 amide bonds. The molecule has 0 saturated carbocycles. The molecule has 0 bridgehead atoms. The summed E-state index contributed by atoms with van der Waals surface area (Å²) < 4.78 is 10.3. The highest BCUT2D eigenvalue weighted by molar-refractivity contribution is 5.89. The highest BCUT2D eigenvalue weighted by Gasteiger charge is 2.17. The summed E-state index contributed by atoms with van der Waals surface area (Å²) in [5.41, 5.74) is 0.833. The number of aldehydes is 1. The van der Waals surface area contributed by atoms with Crippen molar-refractivity contribution in [3.05, 3.63) is 36.9 Å². The average molecular weight is 259 g/mol. The second-order valence-electron chi connectivity index (χ2n) is 3.96. The zero-order valence-electron chi connectivity index (χ0n) is 10.4. The molecule has 2 aromatic rings. The fourth-order valence-corrected chi connectivity index (χ4v) is 1.56. The molecule has 0 spiro atoms. The maximum Gasteiger partial charge on any atom is 0.321 e. The van der Waals surface area contributed by atoms with E-state index in [-0.39, 0.29) is 0 Å². The molecule has 1 aromatic carbocycles. The fourth-order valence-electron chi connectivity index (χ4n) is 1.56. The van der Waals surface area contributed by atoms with Gasteiger partial charge in [0.1, 0.15) is 18.0 Å². The molecule has 19 heavy (non-hydrogen) atoms. The van der Waals surface area contributed by atoms with E-state index in [1.807, 2.05) is 0 Å². The molecule has 0 fully saturated rings. The van der Waals surface area contributed by atoms with Gasteiger partial charge in [0.15, 0.2) is 12.2 Å². The lowest BCUT2D eigenvalue weighted by Gasteiger charge is -2.08. The Bertz CT molecular complexity index is 545. The van der Waals surface area contributed by atoms with Gasteiger partial charge in [0.25, 0.3) is 0 Å². The molecular weight excluding hydrogens is 246 g/mol. The molecule has 98 valence electrons. The number of oxazole rings is 1. The van der Waals surface area contributed by atoms with Crippen LogP contribution in [0.5, 0.6) is 5.75 Å². The van der Waals surface area contributed by atoms with Gasteiger partial charge in [0, 0.05) is 5.56 Å². The lowest BCUT2D eigenvalue weighted by Crippen LogP contribution is -2.20. The molecule has 0 N–H and O–H groups in total. The Morgan fingerprint density at radius 1 is 1.42 bits per heavy atom. The third kappa shape index (κ3) is 3.07. The van der Waals surface area contributed by atoms with Crippen molar-refractivity contribution in [2.45, 2.75) is 13.3 Å². The van der Waals surface area contributed by atoms with Gasteiger partial charge in [-0.3, -0.25) is 4.79 Å². The lowest BCUT2D eigenvalue weighted by molar-refractivity contribution is -0.141. The average Bonchev–Trinajstić information content (AvgIpc) is 2.95. The van der Waals surface area contributed by atoms with Crippen molar-refractivity contribution in [3.63, 3.8) is 0 Å². The molecule has 1 heterocycles. The summed E-state index contributed by atoms with van der Waals surface area (Å²) >= 11 is 0.